The molecule has 3 saturated heterocycles. The standard InChI is InChI=1S/C66H76B2NO15P/c1-43-44(2)57(81-61(70)52-32-20-10-21-33-52)64(78-47(43)5)83-56-45(3)54(40-74-37-49-26-14-7-15-27-49)79-65(59(56)82-62(71)53-34-22-11-23-35-53)84-58-55(41-75-38-50-28-16-8-17-29-50)80-63(46(4)60(58)85-68-67-73)77-42-69(36-48-24-12-6-13-25-48)66(72)76-39-51-30-18-9-19-31-51/h6-35,43-47,54-60,63-65,68,85H,36-42H2,1-5H3/t43-,44?,45-,46?,47?,54?,55?,56+,57+,58-,59?,60-,63+,64+,65+/m1/s1. The molecule has 6 aromatic rings. The minimum atomic E-state index is -1.37. The van der Waals surface area contributed by atoms with Crippen LogP contribution in [0.5, 0.6) is 0 Å². The first-order valence-electron chi connectivity index (χ1n) is 29.2. The van der Waals surface area contributed by atoms with Crippen molar-refractivity contribution in [1.29, 1.82) is 0 Å². The maximum absolute atomic E-state index is 14.6. The van der Waals surface area contributed by atoms with E-state index in [1.54, 1.807) is 54.6 Å². The number of amides is 1. The summed E-state index contributed by atoms with van der Waals surface area (Å²) in [5.74, 6) is -2.54. The van der Waals surface area contributed by atoms with E-state index in [1.807, 2.05) is 162 Å². The van der Waals surface area contributed by atoms with Crippen LogP contribution in [-0.4, -0.2) is 124 Å². The number of ether oxygens (including phenoxy) is 11. The second-order valence-corrected chi connectivity index (χ2v) is 23.5. The Morgan fingerprint density at radius 2 is 0.953 bits per heavy atom. The SMILES string of the molecule is CC1O[C@@H](O[C@@H]2C(OC(=O)c3ccccc3)[C@H](O[C@@H]3C(COCc4ccccc4)O[C@H](OCN(Cc4ccccc4)C(=O)OCc4ccccc4)C(C)[C@H]3PBB=O)OC(COCc3ccccc3)[C@H]2C)[C@@H](OC(=O)c2ccccc2)C(C)[C@H]1C. The average Bonchev–Trinajstić information content (AvgIpc) is 3.26. The van der Waals surface area contributed by atoms with Crippen LogP contribution in [0.3, 0.4) is 0 Å². The molecule has 6 aromatic carbocycles. The molecule has 3 fully saturated rings. The summed E-state index contributed by atoms with van der Waals surface area (Å²) in [4.78, 5) is 44.0. The van der Waals surface area contributed by atoms with Crippen molar-refractivity contribution in [2.75, 3.05) is 19.9 Å². The third kappa shape index (κ3) is 17.4. The van der Waals surface area contributed by atoms with Crippen molar-refractivity contribution in [1.82, 2.24) is 4.90 Å². The van der Waals surface area contributed by atoms with E-state index in [4.69, 9.17) is 52.1 Å². The molecule has 0 aromatic heterocycles. The van der Waals surface area contributed by atoms with Gasteiger partial charge < -0.3 is 0 Å². The number of rotatable bonds is 26. The van der Waals surface area contributed by atoms with Crippen LogP contribution in [-0.2, 0) is 83.2 Å². The van der Waals surface area contributed by atoms with Gasteiger partial charge in [0.15, 0.2) is 0 Å². The van der Waals surface area contributed by atoms with Crippen LogP contribution in [0.25, 0.3) is 0 Å². The van der Waals surface area contributed by atoms with Gasteiger partial charge in [-0.1, -0.05) is 105 Å². The third-order valence-corrected chi connectivity index (χ3v) is 17.8. The number of nitrogens with zero attached hydrogens (tertiary/aromatic N) is 1. The van der Waals surface area contributed by atoms with E-state index in [0.29, 0.717) is 5.56 Å². The van der Waals surface area contributed by atoms with Crippen LogP contribution in [0.15, 0.2) is 182 Å². The molecule has 7 unspecified atom stereocenters. The molecule has 0 saturated carbocycles. The summed E-state index contributed by atoms with van der Waals surface area (Å²) in [6.07, 6.45) is -10.1. The smallest absolute Gasteiger partial charge is 0.246 e. The summed E-state index contributed by atoms with van der Waals surface area (Å²) in [6, 6.07) is 55.9. The normalized spacial score (nSPS) is 27.5. The molecule has 3 aliphatic heterocycles. The Morgan fingerprint density at radius 3 is 1.49 bits per heavy atom. The topological polar surface area (TPSA) is 173 Å². The average molecular weight is 1180 g/mol. The molecule has 0 aliphatic carbocycles. The zero-order valence-electron chi connectivity index (χ0n) is 48.8. The van der Waals surface area contributed by atoms with Gasteiger partial charge in [0.25, 0.3) is 0 Å². The number of carbonyl (C=O) groups excluding carboxylic acids is 3. The van der Waals surface area contributed by atoms with Crippen molar-refractivity contribution in [2.45, 2.75) is 128 Å². The van der Waals surface area contributed by atoms with Crippen LogP contribution in [0, 0.1) is 23.7 Å². The first-order chi connectivity index (χ1) is 41.4. The van der Waals surface area contributed by atoms with Gasteiger partial charge in [0.05, 0.1) is 5.56 Å². The predicted molar refractivity (Wildman–Crippen MR) is 322 cm³/mol. The van der Waals surface area contributed by atoms with E-state index < -0.39 is 91.0 Å². The van der Waals surface area contributed by atoms with E-state index in [-0.39, 0.29) is 85.2 Å². The van der Waals surface area contributed by atoms with E-state index in [0.717, 1.165) is 29.3 Å². The summed E-state index contributed by atoms with van der Waals surface area (Å²) < 4.78 is 86.4. The number of hydrogen-bond acceptors (Lipinski definition) is 15. The molecule has 19 heteroatoms. The predicted octanol–water partition coefficient (Wildman–Crippen LogP) is 10.6. The molecule has 446 valence electrons. The Labute approximate surface area is 501 Å². The van der Waals surface area contributed by atoms with E-state index in [2.05, 4.69) is 0 Å². The summed E-state index contributed by atoms with van der Waals surface area (Å²) in [5, 5.41) is 0. The van der Waals surface area contributed by atoms with Crippen LogP contribution >= 0.6 is 8.46 Å². The van der Waals surface area contributed by atoms with E-state index in [9.17, 15) is 19.1 Å². The minimum absolute atomic E-state index is 0.0134. The fourth-order valence-corrected chi connectivity index (χ4v) is 12.3. The van der Waals surface area contributed by atoms with Gasteiger partial charge in [0.1, 0.15) is 0 Å². The molecule has 1 amide bonds. The summed E-state index contributed by atoms with van der Waals surface area (Å²) in [6.45, 7) is 10.7. The van der Waals surface area contributed by atoms with Gasteiger partial charge in [-0.3, -0.25) is 0 Å². The number of hydrogen-bond donors (Lipinski definition) is 0. The van der Waals surface area contributed by atoms with Crippen molar-refractivity contribution < 1.29 is 71.2 Å². The molecule has 16 atom stereocenters. The van der Waals surface area contributed by atoms with Crippen LogP contribution in [0.2, 0.25) is 0 Å². The maximum atomic E-state index is 14.6. The fraction of sp³-hybridized carbons (Fsp3) is 0.409. The Balaban J connectivity index is 1.06. The van der Waals surface area contributed by atoms with Crippen molar-refractivity contribution in [3.05, 3.63) is 215 Å². The molecule has 3 aliphatic rings. The second-order valence-electron chi connectivity index (χ2n) is 22.0. The van der Waals surface area contributed by atoms with Gasteiger partial charge >= 0.3 is 364 Å². The van der Waals surface area contributed by atoms with Gasteiger partial charge in [-0.15, -0.1) is 0 Å². The van der Waals surface area contributed by atoms with E-state index >= 15 is 0 Å². The van der Waals surface area contributed by atoms with Gasteiger partial charge in [0.2, 0.25) is 0 Å². The Bertz CT molecular complexity index is 2980. The fourth-order valence-electron chi connectivity index (χ4n) is 10.9. The molecule has 0 N–H and O–H groups in total. The van der Waals surface area contributed by atoms with Crippen LogP contribution < -0.4 is 0 Å². The number of esters is 2. The van der Waals surface area contributed by atoms with Gasteiger partial charge in [-0.25, -0.2) is 4.79 Å². The molecular formula is C66H76B2NO15P. The Kier molecular flexibility index (Phi) is 23.6. The monoisotopic (exact) mass is 1180 g/mol. The van der Waals surface area contributed by atoms with E-state index in [1.165, 1.54) is 4.90 Å². The summed E-state index contributed by atoms with van der Waals surface area (Å²) >= 11 is 0. The molecular weight excluding hydrogens is 1100 g/mol. The summed E-state index contributed by atoms with van der Waals surface area (Å²) in [7, 11) is 0.852. The van der Waals surface area contributed by atoms with Gasteiger partial charge in [-0.2, -0.15) is 0 Å². The first kappa shape index (κ1) is 63.1. The van der Waals surface area contributed by atoms with Crippen molar-refractivity contribution in [2.24, 2.45) is 23.7 Å². The molecule has 85 heavy (non-hydrogen) atoms. The third-order valence-electron chi connectivity index (χ3n) is 16.1. The zero-order valence-corrected chi connectivity index (χ0v) is 49.8. The van der Waals surface area contributed by atoms with Crippen LogP contribution in [0.4, 0.5) is 4.79 Å². The quantitative estimate of drug-likeness (QED) is 0.0165. The molecule has 0 radical (unpaired) electrons. The first-order valence-corrected chi connectivity index (χ1v) is 30.5. The van der Waals surface area contributed by atoms with Gasteiger partial charge in [0, 0.05) is 0 Å². The minimum Gasteiger partial charge on any atom is -0.246 e. The second kappa shape index (κ2) is 31.8. The molecule has 0 bridgehead atoms. The van der Waals surface area contributed by atoms with Crippen LogP contribution in [0.1, 0.15) is 77.6 Å². The zero-order chi connectivity index (χ0) is 59.5. The molecule has 3 heterocycles. The van der Waals surface area contributed by atoms with Crippen molar-refractivity contribution in [3.63, 3.8) is 0 Å². The van der Waals surface area contributed by atoms with Crippen molar-refractivity contribution in [3.8, 4) is 0 Å². The molecule has 16 nitrogen and oxygen atoms in total. The molecule has 9 rings (SSSR count). The number of carbonyl (C=O) groups is 3. The Morgan fingerprint density at radius 1 is 0.494 bits per heavy atom. The molecule has 0 spiro atoms. The summed E-state index contributed by atoms with van der Waals surface area (Å²) in [5.41, 5.74) is 3.75. The van der Waals surface area contributed by atoms with Gasteiger partial charge in [-0.05, 0) is 25.0 Å². The number of benzene rings is 6. The van der Waals surface area contributed by atoms with Crippen molar-refractivity contribution >= 4 is 40.4 Å². The Hall–Kier alpha value is -6.43.